The van der Waals surface area contributed by atoms with E-state index in [0.29, 0.717) is 0 Å². The Morgan fingerprint density at radius 2 is 1.95 bits per heavy atom. The van der Waals surface area contributed by atoms with E-state index in [1.54, 1.807) is 0 Å². The van der Waals surface area contributed by atoms with Crippen LogP contribution >= 0.6 is 43.5 Å². The third-order valence-corrected chi connectivity index (χ3v) is 4.78. The van der Waals surface area contributed by atoms with E-state index in [0.717, 1.165) is 37.1 Å². The van der Waals surface area contributed by atoms with Crippen molar-refractivity contribution in [2.45, 2.75) is 19.2 Å². The fraction of sp³-hybridized carbons (Fsp3) is 0.188. The van der Waals surface area contributed by atoms with E-state index in [1.807, 2.05) is 25.1 Å². The van der Waals surface area contributed by atoms with Crippen molar-refractivity contribution in [3.63, 3.8) is 0 Å². The maximum atomic E-state index is 6.36. The van der Waals surface area contributed by atoms with E-state index in [1.165, 1.54) is 0 Å². The first-order valence-electron chi connectivity index (χ1n) is 6.56. The van der Waals surface area contributed by atoms with E-state index >= 15 is 0 Å². The zero-order chi connectivity index (χ0) is 15.1. The van der Waals surface area contributed by atoms with Gasteiger partial charge in [0.2, 0.25) is 0 Å². The van der Waals surface area contributed by atoms with Gasteiger partial charge in [0, 0.05) is 8.95 Å². The lowest BCUT2D eigenvalue weighted by Crippen LogP contribution is -2.02. The third-order valence-electron chi connectivity index (χ3n) is 3.42. The molecule has 0 N–H and O–H groups in total. The lowest BCUT2D eigenvalue weighted by atomic mass is 10.2. The molecule has 0 radical (unpaired) electrons. The molecule has 0 spiro atoms. The van der Waals surface area contributed by atoms with Crippen LogP contribution in [0.3, 0.4) is 0 Å². The van der Waals surface area contributed by atoms with E-state index in [2.05, 4.69) is 61.5 Å². The van der Waals surface area contributed by atoms with Crippen molar-refractivity contribution < 1.29 is 0 Å². The quantitative estimate of drug-likeness (QED) is 0.447. The Kier molecular flexibility index (Phi) is 4.12. The molecule has 2 nitrogen and oxygen atoms in total. The molecular weight excluding hydrogens is 415 g/mol. The first-order valence-corrected chi connectivity index (χ1v) is 8.58. The number of aryl methyl sites for hydroxylation is 1. The van der Waals surface area contributed by atoms with E-state index in [-0.39, 0.29) is 5.38 Å². The van der Waals surface area contributed by atoms with Gasteiger partial charge in [-0.05, 0) is 59.6 Å². The zero-order valence-electron chi connectivity index (χ0n) is 11.6. The highest BCUT2D eigenvalue weighted by atomic mass is 79.9. The van der Waals surface area contributed by atoms with Crippen LogP contribution in [0.2, 0.25) is 0 Å². The minimum absolute atomic E-state index is 0.178. The van der Waals surface area contributed by atoms with Gasteiger partial charge in [0.05, 0.1) is 22.1 Å². The zero-order valence-corrected chi connectivity index (χ0v) is 15.5. The van der Waals surface area contributed by atoms with Crippen LogP contribution in [-0.2, 0) is 0 Å². The van der Waals surface area contributed by atoms with Gasteiger partial charge in [0.1, 0.15) is 5.82 Å². The average molecular weight is 429 g/mol. The molecule has 0 fully saturated rings. The predicted molar refractivity (Wildman–Crippen MR) is 95.5 cm³/mol. The van der Waals surface area contributed by atoms with Crippen molar-refractivity contribution in [1.82, 2.24) is 9.55 Å². The molecule has 0 saturated carbocycles. The third kappa shape index (κ3) is 2.65. The molecule has 1 atom stereocenters. The number of para-hydroxylation sites is 1. The normalized spacial score (nSPS) is 12.8. The van der Waals surface area contributed by atoms with Crippen molar-refractivity contribution in [2.75, 3.05) is 0 Å². The lowest BCUT2D eigenvalue weighted by Gasteiger charge is -2.13. The largest absolute Gasteiger partial charge is 0.294 e. The van der Waals surface area contributed by atoms with Crippen LogP contribution in [0.4, 0.5) is 0 Å². The molecule has 0 saturated heterocycles. The average Bonchev–Trinajstić information content (AvgIpc) is 2.82. The number of imidazole rings is 1. The van der Waals surface area contributed by atoms with Gasteiger partial charge in [-0.1, -0.05) is 28.1 Å². The number of hydrogen-bond donors (Lipinski definition) is 0. The number of halogens is 3. The fourth-order valence-corrected chi connectivity index (χ4v) is 3.35. The minimum Gasteiger partial charge on any atom is -0.294 e. The van der Waals surface area contributed by atoms with Gasteiger partial charge in [0.25, 0.3) is 0 Å². The molecule has 3 aromatic rings. The number of aromatic nitrogens is 2. The summed E-state index contributed by atoms with van der Waals surface area (Å²) in [6.07, 6.45) is 0. The molecule has 21 heavy (non-hydrogen) atoms. The van der Waals surface area contributed by atoms with Crippen LogP contribution in [0.5, 0.6) is 0 Å². The summed E-state index contributed by atoms with van der Waals surface area (Å²) < 4.78 is 4.14. The molecule has 3 rings (SSSR count). The van der Waals surface area contributed by atoms with Gasteiger partial charge in [-0.25, -0.2) is 4.98 Å². The van der Waals surface area contributed by atoms with Crippen molar-refractivity contribution >= 4 is 54.5 Å². The molecule has 0 aliphatic heterocycles. The molecule has 1 aromatic heterocycles. The summed E-state index contributed by atoms with van der Waals surface area (Å²) in [7, 11) is 0. The van der Waals surface area contributed by atoms with Crippen LogP contribution < -0.4 is 0 Å². The Morgan fingerprint density at radius 3 is 2.67 bits per heavy atom. The van der Waals surface area contributed by atoms with Gasteiger partial charge in [-0.3, -0.25) is 4.57 Å². The van der Waals surface area contributed by atoms with E-state index < -0.39 is 0 Å². The molecule has 1 unspecified atom stereocenters. The van der Waals surface area contributed by atoms with E-state index in [4.69, 9.17) is 16.6 Å². The van der Waals surface area contributed by atoms with Crippen LogP contribution in [-0.4, -0.2) is 9.55 Å². The second-order valence-corrected chi connectivity index (χ2v) is 7.38. The van der Waals surface area contributed by atoms with Gasteiger partial charge < -0.3 is 0 Å². The topological polar surface area (TPSA) is 17.8 Å². The monoisotopic (exact) mass is 426 g/mol. The Balaban J connectivity index is 2.42. The maximum absolute atomic E-state index is 6.36. The molecule has 108 valence electrons. The van der Waals surface area contributed by atoms with Gasteiger partial charge in [0.15, 0.2) is 0 Å². The number of fused-ring (bicyclic) bond motifs is 1. The molecule has 0 bridgehead atoms. The number of alkyl halides is 1. The highest BCUT2D eigenvalue weighted by Crippen LogP contribution is 2.33. The smallest absolute Gasteiger partial charge is 0.132 e. The second-order valence-electron chi connectivity index (χ2n) is 4.96. The molecule has 0 amide bonds. The summed E-state index contributed by atoms with van der Waals surface area (Å²) in [5.74, 6) is 0.847. The SMILES string of the molecule is Cc1cccc2c1nc(C(C)Cl)n2-c1cc(Br)ccc1Br. The summed E-state index contributed by atoms with van der Waals surface area (Å²) >= 11 is 13.5. The minimum atomic E-state index is -0.178. The second kappa shape index (κ2) is 5.75. The van der Waals surface area contributed by atoms with Crippen LogP contribution in [0.1, 0.15) is 23.7 Å². The lowest BCUT2D eigenvalue weighted by molar-refractivity contribution is 0.879. The number of hydrogen-bond acceptors (Lipinski definition) is 1. The van der Waals surface area contributed by atoms with Crippen LogP contribution in [0, 0.1) is 6.92 Å². The van der Waals surface area contributed by atoms with Gasteiger partial charge in [-0.15, -0.1) is 11.6 Å². The number of benzene rings is 2. The Morgan fingerprint density at radius 1 is 1.19 bits per heavy atom. The molecule has 2 aromatic carbocycles. The van der Waals surface area contributed by atoms with Crippen LogP contribution in [0.15, 0.2) is 45.3 Å². The first-order chi connectivity index (χ1) is 9.99. The van der Waals surface area contributed by atoms with Crippen molar-refractivity contribution in [1.29, 1.82) is 0 Å². The highest BCUT2D eigenvalue weighted by molar-refractivity contribution is 9.11. The molecule has 5 heteroatoms. The number of rotatable bonds is 2. The summed E-state index contributed by atoms with van der Waals surface area (Å²) in [5.41, 5.74) is 4.24. The first kappa shape index (κ1) is 15.1. The Hall–Kier alpha value is -0.840. The summed E-state index contributed by atoms with van der Waals surface area (Å²) in [6.45, 7) is 4.01. The summed E-state index contributed by atoms with van der Waals surface area (Å²) in [4.78, 5) is 4.75. The fourth-order valence-electron chi connectivity index (χ4n) is 2.43. The Labute approximate surface area is 145 Å². The van der Waals surface area contributed by atoms with Crippen molar-refractivity contribution in [3.8, 4) is 5.69 Å². The molecular formula is C16H13Br2ClN2. The van der Waals surface area contributed by atoms with Gasteiger partial charge >= 0.3 is 0 Å². The summed E-state index contributed by atoms with van der Waals surface area (Å²) in [5, 5.41) is -0.178. The van der Waals surface area contributed by atoms with Crippen molar-refractivity contribution in [2.24, 2.45) is 0 Å². The van der Waals surface area contributed by atoms with Crippen LogP contribution in [0.25, 0.3) is 16.7 Å². The highest BCUT2D eigenvalue weighted by Gasteiger charge is 2.18. The van der Waals surface area contributed by atoms with Gasteiger partial charge in [-0.2, -0.15) is 0 Å². The van der Waals surface area contributed by atoms with E-state index in [9.17, 15) is 0 Å². The summed E-state index contributed by atoms with van der Waals surface area (Å²) in [6, 6.07) is 12.3. The predicted octanol–water partition coefficient (Wildman–Crippen LogP) is 6.16. The standard InChI is InChI=1S/C16H13Br2ClN2/c1-9-4-3-5-13-15(9)20-16(10(2)19)21(13)14-8-11(17)6-7-12(14)18/h3-8,10H,1-2H3. The maximum Gasteiger partial charge on any atom is 0.132 e. The molecule has 0 aliphatic rings. The molecule has 0 aliphatic carbocycles. The number of nitrogens with zero attached hydrogens (tertiary/aromatic N) is 2. The molecule has 1 heterocycles. The Bertz CT molecular complexity index is 825. The van der Waals surface area contributed by atoms with Crippen molar-refractivity contribution in [3.05, 3.63) is 56.7 Å².